The Morgan fingerprint density at radius 2 is 2.05 bits per heavy atom. The quantitative estimate of drug-likeness (QED) is 0.626. The molecule has 114 valence electrons. The second-order valence-corrected chi connectivity index (χ2v) is 4.24. The number of ether oxygens (including phenoxy) is 1. The Morgan fingerprint density at radius 3 is 2.50 bits per heavy atom. The van der Waals surface area contributed by atoms with Gasteiger partial charge in [0.2, 0.25) is 0 Å². The molecule has 1 atom stereocenters. The number of amides is 1. The predicted molar refractivity (Wildman–Crippen MR) is 61.4 cm³/mol. The molecular formula is C11H15F3N2O4. The highest BCUT2D eigenvalue weighted by Gasteiger charge is 2.63. The van der Waals surface area contributed by atoms with Crippen molar-refractivity contribution in [1.82, 2.24) is 5.01 Å². The lowest BCUT2D eigenvalue weighted by molar-refractivity contribution is -0.302. The molecule has 1 rings (SSSR count). The van der Waals surface area contributed by atoms with Crippen LogP contribution in [0.4, 0.5) is 13.2 Å². The summed E-state index contributed by atoms with van der Waals surface area (Å²) in [6.07, 6.45) is -5.32. The lowest BCUT2D eigenvalue weighted by atomic mass is 10.0. The zero-order valence-electron chi connectivity index (χ0n) is 11.0. The first-order chi connectivity index (χ1) is 9.17. The van der Waals surface area contributed by atoms with Crippen LogP contribution in [0.2, 0.25) is 0 Å². The van der Waals surface area contributed by atoms with E-state index in [1.54, 1.807) is 6.92 Å². The van der Waals surface area contributed by atoms with Gasteiger partial charge < -0.3 is 9.84 Å². The molecule has 0 bridgehead atoms. The van der Waals surface area contributed by atoms with Crippen LogP contribution in [0.1, 0.15) is 33.1 Å². The summed E-state index contributed by atoms with van der Waals surface area (Å²) in [5.41, 5.74) is -3.49. The number of hydrogen-bond donors (Lipinski definition) is 1. The van der Waals surface area contributed by atoms with Crippen LogP contribution in [0.15, 0.2) is 5.10 Å². The van der Waals surface area contributed by atoms with Crippen LogP contribution in [-0.4, -0.2) is 46.2 Å². The maximum atomic E-state index is 12.9. The smallest absolute Gasteiger partial charge is 0.438 e. The van der Waals surface area contributed by atoms with Crippen LogP contribution >= 0.6 is 0 Å². The number of hydrogen-bond acceptors (Lipinski definition) is 5. The van der Waals surface area contributed by atoms with Gasteiger partial charge in [-0.3, -0.25) is 4.79 Å². The molecule has 0 spiro atoms. The van der Waals surface area contributed by atoms with Crippen LogP contribution < -0.4 is 0 Å². The SMILES string of the molecule is CCCC1=NN(C(=O)C(=O)OCC)C(O)(C(F)(F)F)C1. The minimum absolute atomic E-state index is 0.00461. The number of nitrogens with zero attached hydrogens (tertiary/aromatic N) is 2. The van der Waals surface area contributed by atoms with Gasteiger partial charge in [-0.2, -0.15) is 23.3 Å². The molecular weight excluding hydrogens is 281 g/mol. The number of halogens is 3. The number of alkyl halides is 3. The summed E-state index contributed by atoms with van der Waals surface area (Å²) in [5.74, 6) is -3.13. The second-order valence-electron chi connectivity index (χ2n) is 4.24. The molecule has 0 saturated heterocycles. The van der Waals surface area contributed by atoms with Crippen LogP contribution in [0, 0.1) is 0 Å². The molecule has 0 aromatic rings. The summed E-state index contributed by atoms with van der Waals surface area (Å²) in [6.45, 7) is 2.94. The minimum Gasteiger partial charge on any atom is -0.459 e. The molecule has 9 heteroatoms. The molecule has 6 nitrogen and oxygen atoms in total. The summed E-state index contributed by atoms with van der Waals surface area (Å²) < 4.78 is 43.2. The third-order valence-corrected chi connectivity index (χ3v) is 2.68. The number of carbonyl (C=O) groups is 2. The second kappa shape index (κ2) is 5.78. The number of rotatable bonds is 3. The van der Waals surface area contributed by atoms with E-state index in [2.05, 4.69) is 9.84 Å². The van der Waals surface area contributed by atoms with Crippen molar-refractivity contribution >= 4 is 17.6 Å². The monoisotopic (exact) mass is 296 g/mol. The highest BCUT2D eigenvalue weighted by molar-refractivity contribution is 6.32. The Balaban J connectivity index is 3.09. The van der Waals surface area contributed by atoms with Crippen molar-refractivity contribution in [3.8, 4) is 0 Å². The molecule has 1 unspecified atom stereocenters. The molecule has 0 aromatic carbocycles. The van der Waals surface area contributed by atoms with Crippen molar-refractivity contribution in [3.05, 3.63) is 0 Å². The average Bonchev–Trinajstić information content (AvgIpc) is 2.67. The zero-order chi connectivity index (χ0) is 15.6. The minimum atomic E-state index is -5.13. The lowest BCUT2D eigenvalue weighted by Gasteiger charge is -2.31. The Hall–Kier alpha value is -1.64. The van der Waals surface area contributed by atoms with Crippen LogP contribution in [-0.2, 0) is 14.3 Å². The van der Waals surface area contributed by atoms with Gasteiger partial charge in [-0.15, -0.1) is 0 Å². The number of esters is 1. The first-order valence-electron chi connectivity index (χ1n) is 6.04. The first kappa shape index (κ1) is 16.4. The van der Waals surface area contributed by atoms with Crippen molar-refractivity contribution in [1.29, 1.82) is 0 Å². The van der Waals surface area contributed by atoms with E-state index < -0.39 is 30.2 Å². The summed E-state index contributed by atoms with van der Waals surface area (Å²) in [5, 5.41) is 12.9. The van der Waals surface area contributed by atoms with Crippen LogP contribution in [0.3, 0.4) is 0 Å². The van der Waals surface area contributed by atoms with E-state index in [1.807, 2.05) is 0 Å². The Labute approximate surface area is 113 Å². The lowest BCUT2D eigenvalue weighted by Crippen LogP contribution is -2.58. The topological polar surface area (TPSA) is 79.2 Å². The van der Waals surface area contributed by atoms with Crippen molar-refractivity contribution in [3.63, 3.8) is 0 Å². The van der Waals surface area contributed by atoms with Gasteiger partial charge in [0.15, 0.2) is 0 Å². The molecule has 20 heavy (non-hydrogen) atoms. The van der Waals surface area contributed by atoms with Crippen molar-refractivity contribution in [2.24, 2.45) is 5.10 Å². The average molecular weight is 296 g/mol. The third kappa shape index (κ3) is 2.92. The van der Waals surface area contributed by atoms with E-state index in [-0.39, 0.29) is 23.7 Å². The molecule has 0 saturated carbocycles. The van der Waals surface area contributed by atoms with Gasteiger partial charge >= 0.3 is 18.1 Å². The standard InChI is InChI=1S/C11H15F3N2O4/c1-3-5-7-6-10(19,11(12,13)14)16(15-7)8(17)9(18)20-4-2/h19H,3-6H2,1-2H3. The van der Waals surface area contributed by atoms with E-state index in [1.165, 1.54) is 6.92 Å². The Bertz CT molecular complexity index is 436. The number of carbonyl (C=O) groups excluding carboxylic acids is 2. The Morgan fingerprint density at radius 1 is 1.45 bits per heavy atom. The van der Waals surface area contributed by atoms with E-state index in [0.717, 1.165) is 0 Å². The van der Waals surface area contributed by atoms with Crippen LogP contribution in [0.5, 0.6) is 0 Å². The fourth-order valence-electron chi connectivity index (χ4n) is 1.76. The van der Waals surface area contributed by atoms with Gasteiger partial charge in [0.05, 0.1) is 6.61 Å². The van der Waals surface area contributed by atoms with E-state index in [9.17, 15) is 27.9 Å². The third-order valence-electron chi connectivity index (χ3n) is 2.68. The maximum Gasteiger partial charge on any atom is 0.438 e. The van der Waals surface area contributed by atoms with Gasteiger partial charge in [-0.1, -0.05) is 13.3 Å². The van der Waals surface area contributed by atoms with Crippen LogP contribution in [0.25, 0.3) is 0 Å². The van der Waals surface area contributed by atoms with Gasteiger partial charge in [-0.05, 0) is 13.3 Å². The van der Waals surface area contributed by atoms with Gasteiger partial charge in [-0.25, -0.2) is 4.79 Å². The molecule has 0 aliphatic carbocycles. The van der Waals surface area contributed by atoms with E-state index in [4.69, 9.17) is 0 Å². The largest absolute Gasteiger partial charge is 0.459 e. The molecule has 1 N–H and O–H groups in total. The van der Waals surface area contributed by atoms with Gasteiger partial charge in [0.1, 0.15) is 0 Å². The van der Waals surface area contributed by atoms with Gasteiger partial charge in [0, 0.05) is 12.1 Å². The maximum absolute atomic E-state index is 12.9. The molecule has 1 aliphatic rings. The molecule has 0 aromatic heterocycles. The fourth-order valence-corrected chi connectivity index (χ4v) is 1.76. The van der Waals surface area contributed by atoms with E-state index >= 15 is 0 Å². The normalized spacial score (nSPS) is 22.7. The first-order valence-corrected chi connectivity index (χ1v) is 6.04. The zero-order valence-corrected chi connectivity index (χ0v) is 11.0. The number of hydrazone groups is 1. The molecule has 1 heterocycles. The molecule has 0 fully saturated rings. The highest BCUT2D eigenvalue weighted by atomic mass is 19.4. The van der Waals surface area contributed by atoms with E-state index in [0.29, 0.717) is 6.42 Å². The Kier molecular flexibility index (Phi) is 4.74. The highest BCUT2D eigenvalue weighted by Crippen LogP contribution is 2.40. The molecule has 0 radical (unpaired) electrons. The van der Waals surface area contributed by atoms with Gasteiger partial charge in [0.25, 0.3) is 5.72 Å². The summed E-state index contributed by atoms with van der Waals surface area (Å²) in [7, 11) is 0. The summed E-state index contributed by atoms with van der Waals surface area (Å²) in [4.78, 5) is 22.9. The molecule has 1 aliphatic heterocycles. The predicted octanol–water partition coefficient (Wildman–Crippen LogP) is 1.19. The summed E-state index contributed by atoms with van der Waals surface area (Å²) >= 11 is 0. The van der Waals surface area contributed by atoms with Crippen molar-refractivity contribution < 1.29 is 32.6 Å². The van der Waals surface area contributed by atoms with Crippen molar-refractivity contribution in [2.75, 3.05) is 6.61 Å². The molecule has 1 amide bonds. The fraction of sp³-hybridized carbons (Fsp3) is 0.727. The van der Waals surface area contributed by atoms with Crippen molar-refractivity contribution in [2.45, 2.75) is 45.0 Å². The summed E-state index contributed by atoms with van der Waals surface area (Å²) in [6, 6.07) is 0. The number of aliphatic hydroxyl groups is 1.